The standard InChI is InChI=1S/C21H27NO3/c1-6-22(7-2)18-12-10-16(11-13-18)8-9-17-14-19(23-3)21(25-5)20(15-17)24-4/h8-15H,6-7H2,1-5H3. The van der Waals surface area contributed by atoms with Crippen molar-refractivity contribution < 1.29 is 14.2 Å². The van der Waals surface area contributed by atoms with E-state index in [-0.39, 0.29) is 0 Å². The van der Waals surface area contributed by atoms with Crippen molar-refractivity contribution in [3.8, 4) is 17.2 Å². The van der Waals surface area contributed by atoms with Crippen LogP contribution in [-0.2, 0) is 0 Å². The van der Waals surface area contributed by atoms with Crippen LogP contribution in [0.1, 0.15) is 25.0 Å². The van der Waals surface area contributed by atoms with Crippen LogP contribution in [0.25, 0.3) is 12.2 Å². The quantitative estimate of drug-likeness (QED) is 0.650. The first-order valence-electron chi connectivity index (χ1n) is 8.49. The first-order valence-corrected chi connectivity index (χ1v) is 8.49. The molecule has 2 rings (SSSR count). The lowest BCUT2D eigenvalue weighted by Crippen LogP contribution is -2.21. The lowest BCUT2D eigenvalue weighted by atomic mass is 10.1. The Balaban J connectivity index is 2.24. The smallest absolute Gasteiger partial charge is 0.203 e. The molecule has 0 atom stereocenters. The second kappa shape index (κ2) is 9.02. The van der Waals surface area contributed by atoms with Gasteiger partial charge in [-0.3, -0.25) is 0 Å². The molecule has 0 radical (unpaired) electrons. The summed E-state index contributed by atoms with van der Waals surface area (Å²) < 4.78 is 16.1. The summed E-state index contributed by atoms with van der Waals surface area (Å²) in [5.74, 6) is 1.91. The highest BCUT2D eigenvalue weighted by atomic mass is 16.5. The number of nitrogens with zero attached hydrogens (tertiary/aromatic N) is 1. The maximum atomic E-state index is 5.39. The predicted molar refractivity (Wildman–Crippen MR) is 105 cm³/mol. The molecule has 0 heterocycles. The molecule has 0 saturated heterocycles. The van der Waals surface area contributed by atoms with E-state index in [1.807, 2.05) is 18.2 Å². The van der Waals surface area contributed by atoms with Crippen LogP contribution >= 0.6 is 0 Å². The summed E-state index contributed by atoms with van der Waals surface area (Å²) in [4.78, 5) is 2.33. The maximum absolute atomic E-state index is 5.39. The van der Waals surface area contributed by atoms with Gasteiger partial charge in [0.2, 0.25) is 5.75 Å². The second-order valence-corrected chi connectivity index (χ2v) is 5.56. The zero-order valence-corrected chi connectivity index (χ0v) is 15.7. The van der Waals surface area contributed by atoms with E-state index in [1.165, 1.54) is 5.69 Å². The number of rotatable bonds is 8. The highest BCUT2D eigenvalue weighted by Crippen LogP contribution is 2.38. The van der Waals surface area contributed by atoms with Crippen LogP contribution in [0.15, 0.2) is 36.4 Å². The summed E-state index contributed by atoms with van der Waals surface area (Å²) in [5.41, 5.74) is 3.38. The molecular formula is C21H27NO3. The highest BCUT2D eigenvalue weighted by molar-refractivity contribution is 5.73. The Morgan fingerprint density at radius 2 is 1.28 bits per heavy atom. The Morgan fingerprint density at radius 3 is 1.72 bits per heavy atom. The third kappa shape index (κ3) is 4.47. The zero-order valence-electron chi connectivity index (χ0n) is 15.7. The van der Waals surface area contributed by atoms with E-state index in [1.54, 1.807) is 21.3 Å². The molecule has 134 valence electrons. The second-order valence-electron chi connectivity index (χ2n) is 5.56. The molecule has 0 N–H and O–H groups in total. The molecule has 4 heteroatoms. The molecule has 2 aromatic rings. The van der Waals surface area contributed by atoms with E-state index in [4.69, 9.17) is 14.2 Å². The van der Waals surface area contributed by atoms with E-state index in [0.29, 0.717) is 17.2 Å². The van der Waals surface area contributed by atoms with Crippen LogP contribution in [0, 0.1) is 0 Å². The molecule has 0 amide bonds. The van der Waals surface area contributed by atoms with E-state index >= 15 is 0 Å². The van der Waals surface area contributed by atoms with Crippen molar-refractivity contribution in [1.82, 2.24) is 0 Å². The summed E-state index contributed by atoms with van der Waals surface area (Å²) >= 11 is 0. The summed E-state index contributed by atoms with van der Waals surface area (Å²) in [7, 11) is 4.85. The van der Waals surface area contributed by atoms with Gasteiger partial charge in [-0.25, -0.2) is 0 Å². The normalized spacial score (nSPS) is 10.8. The van der Waals surface area contributed by atoms with Crippen molar-refractivity contribution in [2.45, 2.75) is 13.8 Å². The molecular weight excluding hydrogens is 314 g/mol. The molecule has 0 bridgehead atoms. The minimum absolute atomic E-state index is 0.603. The molecule has 0 saturated carbocycles. The fraction of sp³-hybridized carbons (Fsp3) is 0.333. The van der Waals surface area contributed by atoms with Crippen molar-refractivity contribution in [1.29, 1.82) is 0 Å². The largest absolute Gasteiger partial charge is 0.493 e. The van der Waals surface area contributed by atoms with Crippen LogP contribution in [0.2, 0.25) is 0 Å². The fourth-order valence-electron chi connectivity index (χ4n) is 2.78. The Labute approximate surface area is 150 Å². The first kappa shape index (κ1) is 18.7. The Kier molecular flexibility index (Phi) is 6.75. The Bertz CT molecular complexity index is 679. The van der Waals surface area contributed by atoms with Crippen LogP contribution in [0.3, 0.4) is 0 Å². The van der Waals surface area contributed by atoms with Crippen molar-refractivity contribution in [3.63, 3.8) is 0 Å². The minimum atomic E-state index is 0.603. The molecule has 25 heavy (non-hydrogen) atoms. The van der Waals surface area contributed by atoms with E-state index in [2.05, 4.69) is 49.1 Å². The minimum Gasteiger partial charge on any atom is -0.493 e. The first-order chi connectivity index (χ1) is 12.2. The Hall–Kier alpha value is -2.62. The van der Waals surface area contributed by atoms with Gasteiger partial charge in [0.25, 0.3) is 0 Å². The average molecular weight is 341 g/mol. The molecule has 0 unspecified atom stereocenters. The van der Waals surface area contributed by atoms with Gasteiger partial charge in [-0.15, -0.1) is 0 Å². The van der Waals surface area contributed by atoms with Gasteiger partial charge in [0.15, 0.2) is 11.5 Å². The fourth-order valence-corrected chi connectivity index (χ4v) is 2.78. The molecule has 4 nitrogen and oxygen atoms in total. The zero-order chi connectivity index (χ0) is 18.2. The van der Waals surface area contributed by atoms with Gasteiger partial charge >= 0.3 is 0 Å². The van der Waals surface area contributed by atoms with Gasteiger partial charge in [0, 0.05) is 18.8 Å². The lowest BCUT2D eigenvalue weighted by Gasteiger charge is -2.20. The number of methoxy groups -OCH3 is 3. The third-order valence-electron chi connectivity index (χ3n) is 4.18. The van der Waals surface area contributed by atoms with Crippen LogP contribution < -0.4 is 19.1 Å². The highest BCUT2D eigenvalue weighted by Gasteiger charge is 2.11. The van der Waals surface area contributed by atoms with Crippen LogP contribution in [0.5, 0.6) is 17.2 Å². The molecule has 0 fully saturated rings. The summed E-state index contributed by atoms with van der Waals surface area (Å²) in [6.45, 7) is 6.36. The number of ether oxygens (including phenoxy) is 3. The van der Waals surface area contributed by atoms with Gasteiger partial charge in [0.1, 0.15) is 0 Å². The molecule has 2 aromatic carbocycles. The van der Waals surface area contributed by atoms with Crippen LogP contribution in [-0.4, -0.2) is 34.4 Å². The number of hydrogen-bond donors (Lipinski definition) is 0. The average Bonchev–Trinajstić information content (AvgIpc) is 2.67. The van der Waals surface area contributed by atoms with Crippen LogP contribution in [0.4, 0.5) is 5.69 Å². The van der Waals surface area contributed by atoms with Gasteiger partial charge in [-0.05, 0) is 49.2 Å². The molecule has 0 spiro atoms. The monoisotopic (exact) mass is 341 g/mol. The summed E-state index contributed by atoms with van der Waals surface area (Å²) in [6, 6.07) is 12.4. The van der Waals surface area contributed by atoms with Gasteiger partial charge in [-0.2, -0.15) is 0 Å². The van der Waals surface area contributed by atoms with Crippen molar-refractivity contribution in [2.75, 3.05) is 39.3 Å². The van der Waals surface area contributed by atoms with E-state index < -0.39 is 0 Å². The molecule has 0 aliphatic carbocycles. The molecule has 0 aliphatic rings. The van der Waals surface area contributed by atoms with E-state index in [0.717, 1.165) is 24.2 Å². The number of hydrogen-bond acceptors (Lipinski definition) is 4. The maximum Gasteiger partial charge on any atom is 0.203 e. The van der Waals surface area contributed by atoms with Gasteiger partial charge in [-0.1, -0.05) is 24.3 Å². The predicted octanol–water partition coefficient (Wildman–Crippen LogP) is 4.73. The lowest BCUT2D eigenvalue weighted by molar-refractivity contribution is 0.324. The molecule has 0 aliphatic heterocycles. The number of anilines is 1. The van der Waals surface area contributed by atoms with Crippen molar-refractivity contribution >= 4 is 17.8 Å². The van der Waals surface area contributed by atoms with E-state index in [9.17, 15) is 0 Å². The SMILES string of the molecule is CCN(CC)c1ccc(C=Cc2cc(OC)c(OC)c(OC)c2)cc1. The van der Waals surface area contributed by atoms with Gasteiger partial charge < -0.3 is 19.1 Å². The Morgan fingerprint density at radius 1 is 0.760 bits per heavy atom. The van der Waals surface area contributed by atoms with Crippen molar-refractivity contribution in [3.05, 3.63) is 47.5 Å². The summed E-state index contributed by atoms with van der Waals surface area (Å²) in [6.07, 6.45) is 4.11. The number of benzene rings is 2. The van der Waals surface area contributed by atoms with Crippen molar-refractivity contribution in [2.24, 2.45) is 0 Å². The third-order valence-corrected chi connectivity index (χ3v) is 4.18. The topological polar surface area (TPSA) is 30.9 Å². The summed E-state index contributed by atoms with van der Waals surface area (Å²) in [5, 5.41) is 0. The molecule has 0 aromatic heterocycles. The van der Waals surface area contributed by atoms with Gasteiger partial charge in [0.05, 0.1) is 21.3 Å².